The fourth-order valence-corrected chi connectivity index (χ4v) is 3.01. The average molecular weight is 381 g/mol. The molecular weight excluding hydrogens is 357 g/mol. The summed E-state index contributed by atoms with van der Waals surface area (Å²) in [4.78, 5) is 12.1. The van der Waals surface area contributed by atoms with Crippen LogP contribution in [0.2, 0.25) is 0 Å². The summed E-state index contributed by atoms with van der Waals surface area (Å²) in [6.07, 6.45) is -2.26. The van der Waals surface area contributed by atoms with Gasteiger partial charge in [-0.1, -0.05) is 25.1 Å². The van der Waals surface area contributed by atoms with E-state index in [1.165, 1.54) is 18.2 Å². The Hall–Kier alpha value is -1.47. The summed E-state index contributed by atoms with van der Waals surface area (Å²) >= 11 is 0. The van der Waals surface area contributed by atoms with Crippen molar-refractivity contribution < 1.29 is 22.7 Å². The van der Waals surface area contributed by atoms with E-state index in [-0.39, 0.29) is 36.5 Å². The number of rotatable bonds is 6. The normalized spacial score (nSPS) is 16.6. The maximum Gasteiger partial charge on any atom is 0.573 e. The molecule has 1 fully saturated rings. The highest BCUT2D eigenvalue weighted by Gasteiger charge is 2.32. The van der Waals surface area contributed by atoms with E-state index in [0.717, 1.165) is 25.9 Å². The summed E-state index contributed by atoms with van der Waals surface area (Å²) < 4.78 is 41.1. The molecule has 2 N–H and O–H groups in total. The van der Waals surface area contributed by atoms with Gasteiger partial charge in [0.2, 0.25) is 5.91 Å². The molecule has 1 unspecified atom stereocenters. The highest BCUT2D eigenvalue weighted by atomic mass is 35.5. The van der Waals surface area contributed by atoms with E-state index in [4.69, 9.17) is 0 Å². The van der Waals surface area contributed by atoms with Crippen LogP contribution in [-0.4, -0.2) is 25.4 Å². The number of alkyl halides is 3. The second-order valence-electron chi connectivity index (χ2n) is 6.20. The van der Waals surface area contributed by atoms with Crippen LogP contribution in [0.25, 0.3) is 0 Å². The number of carbonyl (C=O) groups is 1. The van der Waals surface area contributed by atoms with E-state index in [2.05, 4.69) is 22.3 Å². The molecule has 0 aliphatic carbocycles. The Bertz CT molecular complexity index is 549. The smallest absolute Gasteiger partial charge is 0.405 e. The molecule has 0 spiro atoms. The number of carbonyl (C=O) groups excluding carboxylic acids is 1. The van der Waals surface area contributed by atoms with Crippen LogP contribution in [0.3, 0.4) is 0 Å². The van der Waals surface area contributed by atoms with Crippen LogP contribution in [0.15, 0.2) is 24.3 Å². The fraction of sp³-hybridized carbons (Fsp3) is 0.588. The largest absolute Gasteiger partial charge is 0.573 e. The van der Waals surface area contributed by atoms with Crippen LogP contribution in [0.1, 0.15) is 31.7 Å². The van der Waals surface area contributed by atoms with Gasteiger partial charge in [0.15, 0.2) is 0 Å². The van der Waals surface area contributed by atoms with Gasteiger partial charge in [0.25, 0.3) is 0 Å². The summed E-state index contributed by atoms with van der Waals surface area (Å²) in [6.45, 7) is 4.01. The van der Waals surface area contributed by atoms with E-state index in [1.807, 2.05) is 0 Å². The molecule has 1 saturated heterocycles. The molecule has 8 heteroatoms. The molecule has 1 aliphatic rings. The third-order valence-electron chi connectivity index (χ3n) is 4.37. The van der Waals surface area contributed by atoms with Crippen molar-refractivity contribution in [3.05, 3.63) is 29.8 Å². The van der Waals surface area contributed by atoms with E-state index in [1.54, 1.807) is 6.07 Å². The lowest BCUT2D eigenvalue weighted by Crippen LogP contribution is -2.33. The van der Waals surface area contributed by atoms with Crippen molar-refractivity contribution in [1.82, 2.24) is 10.6 Å². The lowest BCUT2D eigenvalue weighted by Gasteiger charge is -2.27. The second-order valence-corrected chi connectivity index (χ2v) is 6.20. The summed E-state index contributed by atoms with van der Waals surface area (Å²) in [6, 6.07) is 5.83. The molecule has 0 saturated carbocycles. The molecule has 25 heavy (non-hydrogen) atoms. The van der Waals surface area contributed by atoms with Gasteiger partial charge in [0.1, 0.15) is 5.75 Å². The number of benzene rings is 1. The third kappa shape index (κ3) is 7.52. The minimum Gasteiger partial charge on any atom is -0.405 e. The molecular formula is C17H24ClF3N2O2. The second kappa shape index (κ2) is 9.87. The Morgan fingerprint density at radius 1 is 1.32 bits per heavy atom. The maximum absolute atomic E-state index is 12.4. The third-order valence-corrected chi connectivity index (χ3v) is 4.37. The van der Waals surface area contributed by atoms with E-state index < -0.39 is 6.36 Å². The lowest BCUT2D eigenvalue weighted by atomic mass is 9.84. The minimum absolute atomic E-state index is 0. The van der Waals surface area contributed by atoms with Gasteiger partial charge in [0, 0.05) is 18.5 Å². The Morgan fingerprint density at radius 2 is 1.96 bits per heavy atom. The van der Waals surface area contributed by atoms with Crippen LogP contribution in [0.5, 0.6) is 5.75 Å². The van der Waals surface area contributed by atoms with Crippen molar-refractivity contribution in [3.8, 4) is 5.75 Å². The Kier molecular flexibility index (Phi) is 8.52. The molecule has 1 aromatic rings. The first kappa shape index (κ1) is 21.6. The maximum atomic E-state index is 12.4. The molecule has 142 valence electrons. The summed E-state index contributed by atoms with van der Waals surface area (Å²) in [7, 11) is 0. The van der Waals surface area contributed by atoms with Gasteiger partial charge in [-0.3, -0.25) is 4.79 Å². The zero-order valence-electron chi connectivity index (χ0n) is 14.1. The molecule has 2 rings (SSSR count). The molecule has 1 aliphatic heterocycles. The predicted molar refractivity (Wildman–Crippen MR) is 91.6 cm³/mol. The number of hydrogen-bond donors (Lipinski definition) is 2. The van der Waals surface area contributed by atoms with Crippen LogP contribution in [-0.2, 0) is 11.3 Å². The van der Waals surface area contributed by atoms with E-state index >= 15 is 0 Å². The number of piperidine rings is 1. The zero-order chi connectivity index (χ0) is 17.6. The molecule has 0 bridgehead atoms. The van der Waals surface area contributed by atoms with Crippen LogP contribution >= 0.6 is 12.4 Å². The Labute approximate surface area is 151 Å². The number of para-hydroxylation sites is 1. The molecule has 1 aromatic carbocycles. The summed E-state index contributed by atoms with van der Waals surface area (Å²) in [5.41, 5.74) is 0.303. The van der Waals surface area contributed by atoms with Gasteiger partial charge in [0.05, 0.1) is 0 Å². The first-order chi connectivity index (χ1) is 11.3. The standard InChI is InChI=1S/C17H23F3N2O2.ClH/c1-12(13-6-8-21-9-7-13)10-16(23)22-11-14-4-2-3-5-15(14)24-17(18,19)20;/h2-5,12-13,21H,6-11H2,1H3,(H,22,23);1H. The minimum atomic E-state index is -4.75. The van der Waals surface area contributed by atoms with Gasteiger partial charge in [-0.05, 0) is 43.8 Å². The molecule has 4 nitrogen and oxygen atoms in total. The number of halogens is 4. The van der Waals surface area contributed by atoms with Crippen molar-refractivity contribution >= 4 is 18.3 Å². The zero-order valence-corrected chi connectivity index (χ0v) is 14.9. The van der Waals surface area contributed by atoms with Crippen LogP contribution in [0, 0.1) is 11.8 Å². The molecule has 1 amide bonds. The summed E-state index contributed by atoms with van der Waals surface area (Å²) in [5.74, 6) is 0.339. The van der Waals surface area contributed by atoms with Crippen molar-refractivity contribution in [2.24, 2.45) is 11.8 Å². The molecule has 1 heterocycles. The van der Waals surface area contributed by atoms with Gasteiger partial charge in [-0.2, -0.15) is 0 Å². The fourth-order valence-electron chi connectivity index (χ4n) is 3.01. The Morgan fingerprint density at radius 3 is 2.60 bits per heavy atom. The Balaban J connectivity index is 0.00000312. The highest BCUT2D eigenvalue weighted by molar-refractivity contribution is 5.85. The van der Waals surface area contributed by atoms with Gasteiger partial charge < -0.3 is 15.4 Å². The molecule has 0 radical (unpaired) electrons. The SMILES string of the molecule is CC(CC(=O)NCc1ccccc1OC(F)(F)F)C1CCNCC1.Cl. The highest BCUT2D eigenvalue weighted by Crippen LogP contribution is 2.27. The first-order valence-electron chi connectivity index (χ1n) is 8.16. The number of nitrogens with one attached hydrogen (secondary N) is 2. The van der Waals surface area contributed by atoms with Crippen molar-refractivity contribution in [2.75, 3.05) is 13.1 Å². The predicted octanol–water partition coefficient (Wildman–Crippen LogP) is 3.65. The van der Waals surface area contributed by atoms with Gasteiger partial charge >= 0.3 is 6.36 Å². The molecule has 0 aromatic heterocycles. The van der Waals surface area contributed by atoms with Gasteiger partial charge in [-0.25, -0.2) is 0 Å². The van der Waals surface area contributed by atoms with E-state index in [9.17, 15) is 18.0 Å². The quantitative estimate of drug-likeness (QED) is 0.792. The average Bonchev–Trinajstić information content (AvgIpc) is 2.53. The van der Waals surface area contributed by atoms with Crippen LogP contribution < -0.4 is 15.4 Å². The topological polar surface area (TPSA) is 50.4 Å². The number of amides is 1. The number of ether oxygens (including phenoxy) is 1. The van der Waals surface area contributed by atoms with Crippen molar-refractivity contribution in [3.63, 3.8) is 0 Å². The first-order valence-corrected chi connectivity index (χ1v) is 8.16. The lowest BCUT2D eigenvalue weighted by molar-refractivity contribution is -0.274. The summed E-state index contributed by atoms with van der Waals surface area (Å²) in [5, 5.41) is 5.98. The van der Waals surface area contributed by atoms with Crippen LogP contribution in [0.4, 0.5) is 13.2 Å². The van der Waals surface area contributed by atoms with Crippen molar-refractivity contribution in [1.29, 1.82) is 0 Å². The number of hydrogen-bond acceptors (Lipinski definition) is 3. The van der Waals surface area contributed by atoms with Gasteiger partial charge in [-0.15, -0.1) is 25.6 Å². The monoisotopic (exact) mass is 380 g/mol. The van der Waals surface area contributed by atoms with Crippen molar-refractivity contribution in [2.45, 2.75) is 39.1 Å². The van der Waals surface area contributed by atoms with E-state index in [0.29, 0.717) is 17.9 Å². The molecule has 1 atom stereocenters.